The molecule has 0 saturated heterocycles. The molecule has 0 spiro atoms. The number of esters is 1. The van der Waals surface area contributed by atoms with Gasteiger partial charge in [0, 0.05) is 4.88 Å². The summed E-state index contributed by atoms with van der Waals surface area (Å²) in [6.07, 6.45) is 3.36. The monoisotopic (exact) mass is 416 g/mol. The first-order chi connectivity index (χ1) is 13.2. The van der Waals surface area contributed by atoms with E-state index in [9.17, 15) is 4.79 Å². The third kappa shape index (κ3) is 5.73. The molecule has 0 amide bonds. The minimum absolute atomic E-state index is 0.383. The molecule has 3 rings (SSSR count). The van der Waals surface area contributed by atoms with Gasteiger partial charge in [0.2, 0.25) is 0 Å². The second kappa shape index (κ2) is 9.78. The molecule has 0 N–H and O–H groups in total. The topological polar surface area (TPSA) is 35.5 Å². The molecule has 0 bridgehead atoms. The molecule has 0 fully saturated rings. The summed E-state index contributed by atoms with van der Waals surface area (Å²) in [4.78, 5) is 13.4. The molecular formula is C21H20O3S3. The zero-order valence-corrected chi connectivity index (χ0v) is 17.4. The van der Waals surface area contributed by atoms with Crippen LogP contribution in [0.5, 0.6) is 11.5 Å². The lowest BCUT2D eigenvalue weighted by Gasteiger charge is -2.08. The molecule has 0 aliphatic carbocycles. The standard InChI is InChI=1S/C21H20O3S3/c1-2-3-4-13-23-17-9-7-16(8-10-17)21(22)24-18-11-5-15(6-12-18)19-14-20(25)27-26-19/h5-12,14H,2-4,13H2,1H3. The maximum atomic E-state index is 12.3. The Bertz CT molecular complexity index is 924. The predicted octanol–water partition coefficient (Wildman–Crippen LogP) is 6.99. The fraction of sp³-hybridized carbons (Fsp3) is 0.238. The minimum Gasteiger partial charge on any atom is -0.494 e. The van der Waals surface area contributed by atoms with Gasteiger partial charge in [0.25, 0.3) is 0 Å². The van der Waals surface area contributed by atoms with Crippen LogP contribution in [0.25, 0.3) is 10.4 Å². The number of carbonyl (C=O) groups excluding carboxylic acids is 1. The average Bonchev–Trinajstić information content (AvgIpc) is 3.13. The molecule has 1 heterocycles. The maximum Gasteiger partial charge on any atom is 0.343 e. The number of ether oxygens (including phenoxy) is 2. The number of hydrogen-bond acceptors (Lipinski definition) is 6. The van der Waals surface area contributed by atoms with E-state index in [2.05, 4.69) is 6.92 Å². The molecule has 0 atom stereocenters. The van der Waals surface area contributed by atoms with E-state index in [-0.39, 0.29) is 5.97 Å². The van der Waals surface area contributed by atoms with Crippen molar-refractivity contribution in [3.05, 3.63) is 64.0 Å². The highest BCUT2D eigenvalue weighted by Crippen LogP contribution is 2.30. The molecule has 0 unspecified atom stereocenters. The van der Waals surface area contributed by atoms with Crippen molar-refractivity contribution in [3.8, 4) is 21.9 Å². The minimum atomic E-state index is -0.383. The number of carbonyl (C=O) groups is 1. The van der Waals surface area contributed by atoms with Gasteiger partial charge in [-0.1, -0.05) is 52.7 Å². The van der Waals surface area contributed by atoms with E-state index in [0.717, 1.165) is 39.3 Å². The van der Waals surface area contributed by atoms with Gasteiger partial charge < -0.3 is 9.47 Å². The van der Waals surface area contributed by atoms with E-state index in [4.69, 9.17) is 21.7 Å². The van der Waals surface area contributed by atoms with E-state index < -0.39 is 0 Å². The van der Waals surface area contributed by atoms with Gasteiger partial charge in [-0.15, -0.1) is 0 Å². The summed E-state index contributed by atoms with van der Waals surface area (Å²) in [6, 6.07) is 16.5. The molecule has 3 aromatic rings. The normalized spacial score (nSPS) is 10.6. The van der Waals surface area contributed by atoms with Crippen LogP contribution in [0.1, 0.15) is 36.5 Å². The lowest BCUT2D eigenvalue weighted by Crippen LogP contribution is -2.08. The smallest absolute Gasteiger partial charge is 0.343 e. The molecule has 3 nitrogen and oxygen atoms in total. The van der Waals surface area contributed by atoms with Crippen LogP contribution in [0.2, 0.25) is 0 Å². The van der Waals surface area contributed by atoms with Crippen LogP contribution in [-0.2, 0) is 0 Å². The average molecular weight is 417 g/mol. The molecule has 27 heavy (non-hydrogen) atoms. The largest absolute Gasteiger partial charge is 0.494 e. The van der Waals surface area contributed by atoms with Crippen molar-refractivity contribution in [1.82, 2.24) is 0 Å². The van der Waals surface area contributed by atoms with E-state index in [0.29, 0.717) is 17.9 Å². The second-order valence-corrected chi connectivity index (χ2v) is 8.90. The van der Waals surface area contributed by atoms with E-state index in [1.807, 2.05) is 18.2 Å². The summed E-state index contributed by atoms with van der Waals surface area (Å²) in [5.41, 5.74) is 1.56. The van der Waals surface area contributed by atoms with Crippen molar-refractivity contribution in [2.45, 2.75) is 26.2 Å². The molecule has 0 radical (unpaired) electrons. The van der Waals surface area contributed by atoms with Gasteiger partial charge in [0.05, 0.1) is 12.2 Å². The van der Waals surface area contributed by atoms with E-state index >= 15 is 0 Å². The summed E-state index contributed by atoms with van der Waals surface area (Å²) >= 11 is 5.16. The van der Waals surface area contributed by atoms with Crippen LogP contribution in [-0.4, -0.2) is 12.6 Å². The predicted molar refractivity (Wildman–Crippen MR) is 115 cm³/mol. The zero-order chi connectivity index (χ0) is 19.1. The third-order valence-corrected chi connectivity index (χ3v) is 6.83. The Morgan fingerprint density at radius 1 is 0.963 bits per heavy atom. The quantitative estimate of drug-likeness (QED) is 0.130. The molecule has 2 aromatic carbocycles. The molecule has 0 saturated carbocycles. The molecule has 0 aliphatic rings. The van der Waals surface area contributed by atoms with Crippen LogP contribution < -0.4 is 9.47 Å². The van der Waals surface area contributed by atoms with Crippen molar-refractivity contribution in [3.63, 3.8) is 0 Å². The lowest BCUT2D eigenvalue weighted by atomic mass is 10.2. The first-order valence-corrected chi connectivity index (χ1v) is 11.4. The third-order valence-electron chi connectivity index (χ3n) is 3.92. The van der Waals surface area contributed by atoms with Gasteiger partial charge in [-0.3, -0.25) is 0 Å². The van der Waals surface area contributed by atoms with Crippen LogP contribution in [0.4, 0.5) is 0 Å². The van der Waals surface area contributed by atoms with Gasteiger partial charge in [0.15, 0.2) is 0 Å². The summed E-state index contributed by atoms with van der Waals surface area (Å²) in [5.74, 6) is 0.902. The number of benzene rings is 2. The van der Waals surface area contributed by atoms with Crippen LogP contribution >= 0.6 is 32.9 Å². The second-order valence-electron chi connectivity index (χ2n) is 5.99. The summed E-state index contributed by atoms with van der Waals surface area (Å²) < 4.78 is 12.0. The molecule has 0 aliphatic heterocycles. The Kier molecular flexibility index (Phi) is 7.15. The van der Waals surface area contributed by atoms with Crippen molar-refractivity contribution in [2.24, 2.45) is 0 Å². The molecule has 6 heteroatoms. The van der Waals surface area contributed by atoms with Crippen LogP contribution in [0.3, 0.4) is 0 Å². The fourth-order valence-electron chi connectivity index (χ4n) is 2.46. The van der Waals surface area contributed by atoms with Crippen LogP contribution in [0.15, 0.2) is 54.6 Å². The number of rotatable bonds is 8. The van der Waals surface area contributed by atoms with E-state index in [1.165, 1.54) is 0 Å². The van der Waals surface area contributed by atoms with Crippen molar-refractivity contribution in [2.75, 3.05) is 6.61 Å². The SMILES string of the molecule is CCCCCOc1ccc(C(=O)Oc2ccc(-c3cc(=S)ss3)cc2)cc1. The Morgan fingerprint density at radius 3 is 2.30 bits per heavy atom. The van der Waals surface area contributed by atoms with Crippen LogP contribution in [0, 0.1) is 3.82 Å². The van der Waals surface area contributed by atoms with Gasteiger partial charge in [0.1, 0.15) is 15.3 Å². The maximum absolute atomic E-state index is 12.3. The van der Waals surface area contributed by atoms with Crippen molar-refractivity contribution >= 4 is 38.9 Å². The Hall–Kier alpha value is -2.02. The molecule has 140 valence electrons. The highest BCUT2D eigenvalue weighted by Gasteiger charge is 2.09. The van der Waals surface area contributed by atoms with E-state index in [1.54, 1.807) is 57.1 Å². The summed E-state index contributed by atoms with van der Waals surface area (Å²) in [5, 5.41) is 0. The Labute approximate surface area is 171 Å². The number of hydrogen-bond donors (Lipinski definition) is 0. The molecular weight excluding hydrogens is 396 g/mol. The first-order valence-electron chi connectivity index (χ1n) is 8.81. The number of unbranched alkanes of at least 4 members (excludes halogenated alkanes) is 2. The Balaban J connectivity index is 1.57. The fourth-order valence-corrected chi connectivity index (χ4v) is 4.86. The van der Waals surface area contributed by atoms with Gasteiger partial charge in [-0.2, -0.15) is 0 Å². The van der Waals surface area contributed by atoms with Gasteiger partial charge >= 0.3 is 5.97 Å². The molecule has 1 aromatic heterocycles. The summed E-state index contributed by atoms with van der Waals surface area (Å²) in [7, 11) is 3.23. The van der Waals surface area contributed by atoms with Gasteiger partial charge in [-0.25, -0.2) is 4.79 Å². The van der Waals surface area contributed by atoms with Gasteiger partial charge in [-0.05, 0) is 66.6 Å². The van der Waals surface area contributed by atoms with Crippen molar-refractivity contribution in [1.29, 1.82) is 0 Å². The van der Waals surface area contributed by atoms with Crippen molar-refractivity contribution < 1.29 is 14.3 Å². The lowest BCUT2D eigenvalue weighted by molar-refractivity contribution is 0.0734. The zero-order valence-electron chi connectivity index (χ0n) is 15.0. The highest BCUT2D eigenvalue weighted by atomic mass is 32.9. The Morgan fingerprint density at radius 2 is 1.67 bits per heavy atom. The highest BCUT2D eigenvalue weighted by molar-refractivity contribution is 7.80. The first kappa shape index (κ1) is 19.7. The summed E-state index contributed by atoms with van der Waals surface area (Å²) in [6.45, 7) is 2.86.